The van der Waals surface area contributed by atoms with E-state index < -0.39 is 11.6 Å². The van der Waals surface area contributed by atoms with Crippen molar-refractivity contribution in [3.8, 4) is 0 Å². The van der Waals surface area contributed by atoms with E-state index in [9.17, 15) is 8.78 Å². The number of hydrogen-bond acceptors (Lipinski definition) is 5. The second-order valence-electron chi connectivity index (χ2n) is 5.76. The van der Waals surface area contributed by atoms with Gasteiger partial charge in [0.15, 0.2) is 0 Å². The maximum atomic E-state index is 13.8. The molecule has 24 heavy (non-hydrogen) atoms. The van der Waals surface area contributed by atoms with E-state index >= 15 is 0 Å². The van der Waals surface area contributed by atoms with Crippen LogP contribution in [0, 0.1) is 11.6 Å². The van der Waals surface area contributed by atoms with Crippen LogP contribution in [-0.4, -0.2) is 36.3 Å². The zero-order chi connectivity index (χ0) is 16.9. The van der Waals surface area contributed by atoms with Crippen LogP contribution in [-0.2, 0) is 11.3 Å². The minimum absolute atomic E-state index is 0.306. The van der Waals surface area contributed by atoms with Crippen LogP contribution in [0.3, 0.4) is 0 Å². The molecule has 0 saturated carbocycles. The Labute approximate surface area is 139 Å². The monoisotopic (exact) mass is 334 g/mol. The lowest BCUT2D eigenvalue weighted by molar-refractivity contribution is 0.122. The highest BCUT2D eigenvalue weighted by atomic mass is 19.1. The summed E-state index contributed by atoms with van der Waals surface area (Å²) in [5.41, 5.74) is 1.19. The smallest absolute Gasteiger partial charge is 0.225 e. The van der Waals surface area contributed by atoms with Gasteiger partial charge in [0, 0.05) is 49.2 Å². The highest BCUT2D eigenvalue weighted by molar-refractivity contribution is 5.30. The van der Waals surface area contributed by atoms with E-state index in [2.05, 4.69) is 20.2 Å². The van der Waals surface area contributed by atoms with Gasteiger partial charge in [0.2, 0.25) is 5.95 Å². The van der Waals surface area contributed by atoms with Crippen molar-refractivity contribution in [1.82, 2.24) is 15.3 Å². The van der Waals surface area contributed by atoms with Gasteiger partial charge in [0.25, 0.3) is 0 Å². The molecular weight excluding hydrogens is 314 g/mol. The molecule has 2 heterocycles. The molecule has 1 aromatic heterocycles. The lowest BCUT2D eigenvalue weighted by Gasteiger charge is -2.26. The Morgan fingerprint density at radius 3 is 2.62 bits per heavy atom. The standard InChI is InChI=1S/C17H20F2N4O/c1-12(15-8-14(18)2-3-16(15)19)20-9-13-10-21-17(22-11-13)23-4-6-24-7-5-23/h2-3,8,10-12,20H,4-7,9H2,1H3/t12-/m1/s1. The van der Waals surface area contributed by atoms with Gasteiger partial charge < -0.3 is 15.0 Å². The molecule has 0 amide bonds. The second kappa shape index (κ2) is 7.63. The van der Waals surface area contributed by atoms with Gasteiger partial charge in [0.1, 0.15) is 11.6 Å². The molecule has 128 valence electrons. The molecule has 1 aliphatic rings. The van der Waals surface area contributed by atoms with Gasteiger partial charge in [-0.2, -0.15) is 0 Å². The molecule has 5 nitrogen and oxygen atoms in total. The summed E-state index contributed by atoms with van der Waals surface area (Å²) < 4.78 is 32.3. The molecule has 0 unspecified atom stereocenters. The molecule has 0 radical (unpaired) electrons. The molecular formula is C17H20F2N4O. The summed E-state index contributed by atoms with van der Waals surface area (Å²) >= 11 is 0. The van der Waals surface area contributed by atoms with Gasteiger partial charge in [0.05, 0.1) is 13.2 Å². The summed E-state index contributed by atoms with van der Waals surface area (Å²) in [6, 6.07) is 3.15. The Morgan fingerprint density at radius 2 is 1.92 bits per heavy atom. The lowest BCUT2D eigenvalue weighted by Crippen LogP contribution is -2.37. The van der Waals surface area contributed by atoms with Crippen molar-refractivity contribution in [3.63, 3.8) is 0 Å². The van der Waals surface area contributed by atoms with Gasteiger partial charge in [-0.15, -0.1) is 0 Å². The van der Waals surface area contributed by atoms with E-state index in [0.717, 1.165) is 30.8 Å². The van der Waals surface area contributed by atoms with Crippen molar-refractivity contribution in [2.75, 3.05) is 31.2 Å². The molecule has 1 saturated heterocycles. The molecule has 1 aliphatic heterocycles. The zero-order valence-corrected chi connectivity index (χ0v) is 13.5. The number of hydrogen-bond donors (Lipinski definition) is 1. The number of rotatable bonds is 5. The first kappa shape index (κ1) is 16.7. The number of morpholine rings is 1. The van der Waals surface area contributed by atoms with Crippen LogP contribution in [0.1, 0.15) is 24.1 Å². The molecule has 0 spiro atoms. The Kier molecular flexibility index (Phi) is 5.32. The summed E-state index contributed by atoms with van der Waals surface area (Å²) in [6.45, 7) is 5.20. The quantitative estimate of drug-likeness (QED) is 0.910. The number of aromatic nitrogens is 2. The predicted octanol–water partition coefficient (Wildman–Crippen LogP) is 2.44. The topological polar surface area (TPSA) is 50.3 Å². The van der Waals surface area contributed by atoms with Crippen LogP contribution >= 0.6 is 0 Å². The third-order valence-corrected chi connectivity index (χ3v) is 4.02. The second-order valence-corrected chi connectivity index (χ2v) is 5.76. The fraction of sp³-hybridized carbons (Fsp3) is 0.412. The van der Waals surface area contributed by atoms with E-state index in [1.807, 2.05) is 0 Å². The van der Waals surface area contributed by atoms with Crippen molar-refractivity contribution < 1.29 is 13.5 Å². The third-order valence-electron chi connectivity index (χ3n) is 4.02. The molecule has 0 bridgehead atoms. The van der Waals surface area contributed by atoms with Crippen LogP contribution in [0.15, 0.2) is 30.6 Å². The van der Waals surface area contributed by atoms with Crippen molar-refractivity contribution in [2.45, 2.75) is 19.5 Å². The van der Waals surface area contributed by atoms with Gasteiger partial charge in [-0.1, -0.05) is 0 Å². The Hall–Kier alpha value is -2.12. The van der Waals surface area contributed by atoms with Crippen molar-refractivity contribution in [3.05, 3.63) is 53.4 Å². The van der Waals surface area contributed by atoms with Crippen molar-refractivity contribution in [2.24, 2.45) is 0 Å². The number of nitrogens with one attached hydrogen (secondary N) is 1. The summed E-state index contributed by atoms with van der Waals surface area (Å²) in [5.74, 6) is -0.181. The first-order valence-electron chi connectivity index (χ1n) is 7.95. The van der Waals surface area contributed by atoms with E-state index in [1.54, 1.807) is 19.3 Å². The summed E-state index contributed by atoms with van der Waals surface area (Å²) in [6.07, 6.45) is 3.50. The zero-order valence-electron chi connectivity index (χ0n) is 13.5. The molecule has 7 heteroatoms. The maximum Gasteiger partial charge on any atom is 0.225 e. The van der Waals surface area contributed by atoms with Crippen LogP contribution < -0.4 is 10.2 Å². The van der Waals surface area contributed by atoms with Gasteiger partial charge >= 0.3 is 0 Å². The fourth-order valence-electron chi connectivity index (χ4n) is 2.59. The van der Waals surface area contributed by atoms with Gasteiger partial charge in [-0.25, -0.2) is 18.7 Å². The first-order chi connectivity index (χ1) is 11.6. The molecule has 1 atom stereocenters. The van der Waals surface area contributed by atoms with Crippen LogP contribution in [0.25, 0.3) is 0 Å². The highest BCUT2D eigenvalue weighted by Crippen LogP contribution is 2.18. The fourth-order valence-corrected chi connectivity index (χ4v) is 2.59. The maximum absolute atomic E-state index is 13.8. The first-order valence-corrected chi connectivity index (χ1v) is 7.95. The van der Waals surface area contributed by atoms with Gasteiger partial charge in [-0.05, 0) is 25.1 Å². The van der Waals surface area contributed by atoms with Crippen molar-refractivity contribution in [1.29, 1.82) is 0 Å². The summed E-state index contributed by atoms with van der Waals surface area (Å²) in [7, 11) is 0. The molecule has 0 aliphatic carbocycles. The number of halogens is 2. The molecule has 1 N–H and O–H groups in total. The minimum Gasteiger partial charge on any atom is -0.378 e. The van der Waals surface area contributed by atoms with E-state index in [1.165, 1.54) is 6.07 Å². The summed E-state index contributed by atoms with van der Waals surface area (Å²) in [4.78, 5) is 10.8. The third kappa shape index (κ3) is 4.04. The average molecular weight is 334 g/mol. The van der Waals surface area contributed by atoms with Crippen LogP contribution in [0.2, 0.25) is 0 Å². The predicted molar refractivity (Wildman–Crippen MR) is 86.7 cm³/mol. The number of benzene rings is 1. The van der Waals surface area contributed by atoms with Crippen LogP contribution in [0.4, 0.5) is 14.7 Å². The number of nitrogens with zero attached hydrogens (tertiary/aromatic N) is 3. The Balaban J connectivity index is 1.59. The molecule has 2 aromatic rings. The molecule has 3 rings (SSSR count). The number of anilines is 1. The van der Waals surface area contributed by atoms with E-state index in [0.29, 0.717) is 31.3 Å². The molecule has 1 fully saturated rings. The number of ether oxygens (including phenoxy) is 1. The molecule has 1 aromatic carbocycles. The Morgan fingerprint density at radius 1 is 1.21 bits per heavy atom. The van der Waals surface area contributed by atoms with Crippen molar-refractivity contribution >= 4 is 5.95 Å². The largest absolute Gasteiger partial charge is 0.378 e. The SMILES string of the molecule is C[C@@H](NCc1cnc(N2CCOCC2)nc1)c1cc(F)ccc1F. The average Bonchev–Trinajstić information content (AvgIpc) is 2.63. The summed E-state index contributed by atoms with van der Waals surface area (Å²) in [5, 5.41) is 3.16. The normalized spacial score (nSPS) is 16.2. The lowest BCUT2D eigenvalue weighted by atomic mass is 10.1. The minimum atomic E-state index is -0.446. The van der Waals surface area contributed by atoms with Gasteiger partial charge in [-0.3, -0.25) is 0 Å². The van der Waals surface area contributed by atoms with E-state index in [4.69, 9.17) is 4.74 Å². The Bertz CT molecular complexity index is 675. The highest BCUT2D eigenvalue weighted by Gasteiger charge is 2.14. The van der Waals surface area contributed by atoms with E-state index in [-0.39, 0.29) is 6.04 Å². The van der Waals surface area contributed by atoms with Crippen LogP contribution in [0.5, 0.6) is 0 Å².